The normalized spacial score (nSPS) is 14.8. The fraction of sp³-hybridized carbons (Fsp3) is 0.211. The summed E-state index contributed by atoms with van der Waals surface area (Å²) in [5.41, 5.74) is 0.0200. The summed E-state index contributed by atoms with van der Waals surface area (Å²) in [5, 5.41) is 3.79. The molecule has 4 rings (SSSR count). The van der Waals surface area contributed by atoms with E-state index < -0.39 is 11.7 Å². The van der Waals surface area contributed by atoms with Crippen molar-refractivity contribution in [2.45, 2.75) is 12.1 Å². The van der Waals surface area contributed by atoms with Gasteiger partial charge in [0.1, 0.15) is 0 Å². The molecule has 0 aliphatic carbocycles. The standard InChI is InChI=1S/C19H13BrF3N3O2/c20-15-7-2-1-6-14(15)18(27)26-9-12(10-26)17-24-16(25-28-17)11-4-3-5-13(8-11)19(21,22)23/h1-8,12H,9-10H2. The van der Waals surface area contributed by atoms with Gasteiger partial charge in [-0.05, 0) is 40.2 Å². The number of carbonyl (C=O) groups excluding carboxylic acids is 1. The number of nitrogens with zero attached hydrogens (tertiary/aromatic N) is 3. The van der Waals surface area contributed by atoms with E-state index in [2.05, 4.69) is 26.1 Å². The smallest absolute Gasteiger partial charge is 0.339 e. The molecule has 0 unspecified atom stereocenters. The first kappa shape index (κ1) is 18.7. The second-order valence-corrected chi connectivity index (χ2v) is 7.28. The van der Waals surface area contributed by atoms with Crippen LogP contribution in [0.25, 0.3) is 11.4 Å². The van der Waals surface area contributed by atoms with Gasteiger partial charge in [-0.15, -0.1) is 0 Å². The fourth-order valence-electron chi connectivity index (χ4n) is 2.96. The summed E-state index contributed by atoms with van der Waals surface area (Å²) in [5.74, 6) is 0.153. The van der Waals surface area contributed by atoms with Crippen molar-refractivity contribution < 1.29 is 22.5 Å². The van der Waals surface area contributed by atoms with Crippen LogP contribution in [0.5, 0.6) is 0 Å². The van der Waals surface area contributed by atoms with Gasteiger partial charge in [0.25, 0.3) is 5.91 Å². The third-order valence-corrected chi connectivity index (χ3v) is 5.20. The van der Waals surface area contributed by atoms with Gasteiger partial charge >= 0.3 is 6.18 Å². The van der Waals surface area contributed by atoms with E-state index in [4.69, 9.17) is 4.52 Å². The number of carbonyl (C=O) groups is 1. The minimum atomic E-state index is -4.44. The predicted octanol–water partition coefficient (Wildman–Crippen LogP) is 4.76. The lowest BCUT2D eigenvalue weighted by Gasteiger charge is -2.37. The van der Waals surface area contributed by atoms with Gasteiger partial charge in [-0.3, -0.25) is 4.79 Å². The maximum Gasteiger partial charge on any atom is 0.416 e. The largest absolute Gasteiger partial charge is 0.416 e. The predicted molar refractivity (Wildman–Crippen MR) is 97.5 cm³/mol. The minimum absolute atomic E-state index is 0.0941. The average Bonchev–Trinajstić information content (AvgIpc) is 3.10. The van der Waals surface area contributed by atoms with Crippen LogP contribution >= 0.6 is 15.9 Å². The number of alkyl halides is 3. The Morgan fingerprint density at radius 1 is 1.14 bits per heavy atom. The third kappa shape index (κ3) is 3.54. The Hall–Kier alpha value is -2.68. The molecule has 1 aromatic heterocycles. The van der Waals surface area contributed by atoms with E-state index in [1.54, 1.807) is 23.1 Å². The molecule has 1 aliphatic rings. The van der Waals surface area contributed by atoms with E-state index in [-0.39, 0.29) is 23.2 Å². The van der Waals surface area contributed by atoms with Crippen LogP contribution < -0.4 is 0 Å². The van der Waals surface area contributed by atoms with Crippen molar-refractivity contribution in [2.24, 2.45) is 0 Å². The number of aromatic nitrogens is 2. The second kappa shape index (κ2) is 7.05. The van der Waals surface area contributed by atoms with Crippen LogP contribution in [0.1, 0.15) is 27.7 Å². The number of benzene rings is 2. The van der Waals surface area contributed by atoms with Crippen molar-refractivity contribution in [1.29, 1.82) is 0 Å². The van der Waals surface area contributed by atoms with E-state index >= 15 is 0 Å². The van der Waals surface area contributed by atoms with Crippen LogP contribution in [0.4, 0.5) is 13.2 Å². The third-order valence-electron chi connectivity index (χ3n) is 4.51. The molecule has 5 nitrogen and oxygen atoms in total. The molecular formula is C19H13BrF3N3O2. The van der Waals surface area contributed by atoms with Crippen LogP contribution in [0.15, 0.2) is 57.5 Å². The lowest BCUT2D eigenvalue weighted by atomic mass is 9.98. The van der Waals surface area contributed by atoms with Gasteiger partial charge < -0.3 is 9.42 Å². The van der Waals surface area contributed by atoms with Crippen molar-refractivity contribution in [1.82, 2.24) is 15.0 Å². The first-order valence-corrected chi connectivity index (χ1v) is 9.17. The maximum atomic E-state index is 12.9. The monoisotopic (exact) mass is 451 g/mol. The Kier molecular flexibility index (Phi) is 4.70. The van der Waals surface area contributed by atoms with Gasteiger partial charge in [-0.25, -0.2) is 0 Å². The highest BCUT2D eigenvalue weighted by Gasteiger charge is 2.37. The lowest BCUT2D eigenvalue weighted by Crippen LogP contribution is -2.48. The molecular weight excluding hydrogens is 439 g/mol. The quantitative estimate of drug-likeness (QED) is 0.575. The summed E-state index contributed by atoms with van der Waals surface area (Å²) < 4.78 is 44.5. The van der Waals surface area contributed by atoms with Crippen molar-refractivity contribution in [2.75, 3.05) is 13.1 Å². The number of hydrogen-bond donors (Lipinski definition) is 0. The molecule has 2 heterocycles. The summed E-state index contributed by atoms with van der Waals surface area (Å²) in [7, 11) is 0. The Labute approximate surface area is 166 Å². The fourth-order valence-corrected chi connectivity index (χ4v) is 3.41. The molecule has 2 aromatic carbocycles. The maximum absolute atomic E-state index is 12.9. The second-order valence-electron chi connectivity index (χ2n) is 6.42. The topological polar surface area (TPSA) is 59.2 Å². The number of hydrogen-bond acceptors (Lipinski definition) is 4. The highest BCUT2D eigenvalue weighted by molar-refractivity contribution is 9.10. The number of likely N-dealkylation sites (tertiary alicyclic amines) is 1. The Morgan fingerprint density at radius 3 is 2.61 bits per heavy atom. The van der Waals surface area contributed by atoms with Crippen LogP contribution in [0.3, 0.4) is 0 Å². The first-order valence-electron chi connectivity index (χ1n) is 8.38. The Morgan fingerprint density at radius 2 is 1.89 bits per heavy atom. The van der Waals surface area contributed by atoms with Crippen molar-refractivity contribution in [3.63, 3.8) is 0 Å². The lowest BCUT2D eigenvalue weighted by molar-refractivity contribution is -0.137. The van der Waals surface area contributed by atoms with Crippen molar-refractivity contribution >= 4 is 21.8 Å². The van der Waals surface area contributed by atoms with Gasteiger partial charge in [-0.1, -0.05) is 29.4 Å². The molecule has 1 saturated heterocycles. The Balaban J connectivity index is 1.46. The number of rotatable bonds is 3. The molecule has 144 valence electrons. The zero-order valence-corrected chi connectivity index (χ0v) is 15.9. The zero-order chi connectivity index (χ0) is 19.9. The Bertz CT molecular complexity index is 1030. The minimum Gasteiger partial charge on any atom is -0.339 e. The van der Waals surface area contributed by atoms with E-state index in [1.807, 2.05) is 6.07 Å². The molecule has 0 saturated carbocycles. The molecule has 0 radical (unpaired) electrons. The van der Waals surface area contributed by atoms with Gasteiger partial charge in [-0.2, -0.15) is 18.2 Å². The highest BCUT2D eigenvalue weighted by Crippen LogP contribution is 2.33. The molecule has 0 atom stereocenters. The van der Waals surface area contributed by atoms with Gasteiger partial charge in [0.15, 0.2) is 0 Å². The molecule has 3 aromatic rings. The average molecular weight is 452 g/mol. The van der Waals surface area contributed by atoms with Crippen molar-refractivity contribution in [3.8, 4) is 11.4 Å². The molecule has 9 heteroatoms. The first-order chi connectivity index (χ1) is 13.3. The van der Waals surface area contributed by atoms with Crippen LogP contribution in [0, 0.1) is 0 Å². The van der Waals surface area contributed by atoms with Gasteiger partial charge in [0.05, 0.1) is 17.0 Å². The molecule has 28 heavy (non-hydrogen) atoms. The van der Waals surface area contributed by atoms with Crippen LogP contribution in [-0.2, 0) is 6.18 Å². The van der Waals surface area contributed by atoms with Gasteiger partial charge in [0, 0.05) is 23.1 Å². The molecule has 1 aliphatic heterocycles. The van der Waals surface area contributed by atoms with E-state index in [1.165, 1.54) is 12.1 Å². The number of amides is 1. The zero-order valence-electron chi connectivity index (χ0n) is 14.3. The molecule has 0 N–H and O–H groups in total. The molecule has 1 fully saturated rings. The van der Waals surface area contributed by atoms with Crippen LogP contribution in [-0.4, -0.2) is 34.0 Å². The van der Waals surface area contributed by atoms with E-state index in [0.717, 1.165) is 12.1 Å². The molecule has 0 bridgehead atoms. The summed E-state index contributed by atoms with van der Waals surface area (Å²) >= 11 is 3.36. The van der Waals surface area contributed by atoms with Gasteiger partial charge in [0.2, 0.25) is 11.7 Å². The molecule has 0 spiro atoms. The summed E-state index contributed by atoms with van der Waals surface area (Å²) in [6.07, 6.45) is -4.44. The van der Waals surface area contributed by atoms with E-state index in [9.17, 15) is 18.0 Å². The summed E-state index contributed by atoms with van der Waals surface area (Å²) in [6, 6.07) is 11.9. The summed E-state index contributed by atoms with van der Waals surface area (Å²) in [4.78, 5) is 18.4. The van der Waals surface area contributed by atoms with E-state index in [0.29, 0.717) is 29.0 Å². The summed E-state index contributed by atoms with van der Waals surface area (Å²) in [6.45, 7) is 0.814. The molecule has 1 amide bonds. The van der Waals surface area contributed by atoms with Crippen LogP contribution in [0.2, 0.25) is 0 Å². The SMILES string of the molecule is O=C(c1ccccc1Br)N1CC(c2nc(-c3cccc(C(F)(F)F)c3)no2)C1. The highest BCUT2D eigenvalue weighted by atomic mass is 79.9. The van der Waals surface area contributed by atoms with Crippen molar-refractivity contribution in [3.05, 3.63) is 70.0 Å². The number of halogens is 4.